The number of halogens is 1. The highest BCUT2D eigenvalue weighted by atomic mass is 19.1. The summed E-state index contributed by atoms with van der Waals surface area (Å²) in [4.78, 5) is 31.1. The van der Waals surface area contributed by atoms with Gasteiger partial charge < -0.3 is 15.6 Å². The third-order valence-electron chi connectivity index (χ3n) is 6.10. The average molecular weight is 484 g/mol. The highest BCUT2D eigenvalue weighted by Gasteiger charge is 2.30. The number of anilines is 2. The third kappa shape index (κ3) is 3.74. The number of nitrogen functional groups attached to an aromatic ring is 1. The number of para-hydroxylation sites is 1. The molecule has 0 amide bonds. The van der Waals surface area contributed by atoms with Crippen molar-refractivity contribution in [2.24, 2.45) is 0 Å². The molecule has 36 heavy (non-hydrogen) atoms. The fraction of sp³-hybridized carbons (Fsp3) is 0.200. The normalized spacial score (nSPS) is 14.2. The van der Waals surface area contributed by atoms with Crippen LogP contribution in [0.2, 0.25) is 0 Å². The molecule has 1 atom stereocenters. The van der Waals surface area contributed by atoms with Crippen LogP contribution in [0.5, 0.6) is 0 Å². The van der Waals surface area contributed by atoms with Gasteiger partial charge in [0.25, 0.3) is 11.4 Å². The average Bonchev–Trinajstić information content (AvgIpc) is 3.62. The van der Waals surface area contributed by atoms with E-state index in [1.807, 2.05) is 13.0 Å². The first-order valence-electron chi connectivity index (χ1n) is 11.5. The zero-order valence-corrected chi connectivity index (χ0v) is 19.2. The fourth-order valence-corrected chi connectivity index (χ4v) is 4.16. The van der Waals surface area contributed by atoms with Crippen LogP contribution < -0.4 is 16.6 Å². The van der Waals surface area contributed by atoms with E-state index in [9.17, 15) is 9.18 Å². The molecule has 3 heterocycles. The summed E-state index contributed by atoms with van der Waals surface area (Å²) in [6.07, 6.45) is 3.36. The lowest BCUT2D eigenvalue weighted by Crippen LogP contribution is -2.28. The van der Waals surface area contributed by atoms with Crippen LogP contribution in [0.4, 0.5) is 16.0 Å². The Bertz CT molecular complexity index is 1650. The Balaban J connectivity index is 1.47. The van der Waals surface area contributed by atoms with E-state index in [2.05, 4.69) is 30.4 Å². The van der Waals surface area contributed by atoms with E-state index < -0.39 is 17.4 Å². The zero-order chi connectivity index (χ0) is 24.8. The molecule has 0 spiro atoms. The van der Waals surface area contributed by atoms with E-state index in [4.69, 9.17) is 10.3 Å². The van der Waals surface area contributed by atoms with E-state index in [0.29, 0.717) is 34.6 Å². The molecule has 6 rings (SSSR count). The minimum atomic E-state index is -0.629. The van der Waals surface area contributed by atoms with Crippen LogP contribution in [-0.2, 0) is 0 Å². The summed E-state index contributed by atoms with van der Waals surface area (Å²) in [5, 5.41) is 7.24. The molecule has 1 aliphatic rings. The second kappa shape index (κ2) is 8.52. The maximum atomic E-state index is 14.6. The summed E-state index contributed by atoms with van der Waals surface area (Å²) in [5.41, 5.74) is 6.83. The first kappa shape index (κ1) is 21.8. The number of nitrogens with zero attached hydrogens (tertiary/aromatic N) is 6. The van der Waals surface area contributed by atoms with Gasteiger partial charge in [0, 0.05) is 5.92 Å². The second-order valence-corrected chi connectivity index (χ2v) is 8.66. The maximum absolute atomic E-state index is 14.6. The Morgan fingerprint density at radius 2 is 1.92 bits per heavy atom. The lowest BCUT2D eigenvalue weighted by atomic mass is 10.2. The molecular formula is C25H21FN8O2. The summed E-state index contributed by atoms with van der Waals surface area (Å²) >= 11 is 0. The molecule has 3 N–H and O–H groups in total. The van der Waals surface area contributed by atoms with E-state index >= 15 is 0 Å². The number of rotatable bonds is 6. The summed E-state index contributed by atoms with van der Waals surface area (Å²) in [6, 6.07) is 12.8. The zero-order valence-electron chi connectivity index (χ0n) is 19.2. The molecular weight excluding hydrogens is 463 g/mol. The predicted octanol–water partition coefficient (Wildman–Crippen LogP) is 4.00. The monoisotopic (exact) mass is 484 g/mol. The van der Waals surface area contributed by atoms with Crippen molar-refractivity contribution in [3.8, 4) is 17.1 Å². The van der Waals surface area contributed by atoms with Gasteiger partial charge in [-0.1, -0.05) is 29.4 Å². The summed E-state index contributed by atoms with van der Waals surface area (Å²) < 4.78 is 21.5. The molecule has 3 aromatic heterocycles. The van der Waals surface area contributed by atoms with Gasteiger partial charge in [-0.2, -0.15) is 4.98 Å². The molecule has 0 aliphatic heterocycles. The van der Waals surface area contributed by atoms with Crippen LogP contribution in [0, 0.1) is 5.82 Å². The molecule has 0 radical (unpaired) electrons. The highest BCUT2D eigenvalue weighted by molar-refractivity contribution is 5.80. The van der Waals surface area contributed by atoms with Crippen LogP contribution in [0.25, 0.3) is 28.0 Å². The Labute approximate surface area is 204 Å². The lowest BCUT2D eigenvalue weighted by Gasteiger charge is -2.21. The smallest absolute Gasteiger partial charge is 0.269 e. The van der Waals surface area contributed by atoms with Gasteiger partial charge in [0.15, 0.2) is 5.82 Å². The van der Waals surface area contributed by atoms with E-state index in [1.165, 1.54) is 23.0 Å². The molecule has 1 saturated carbocycles. The first-order valence-corrected chi connectivity index (χ1v) is 11.5. The van der Waals surface area contributed by atoms with Gasteiger partial charge >= 0.3 is 0 Å². The van der Waals surface area contributed by atoms with Gasteiger partial charge in [0.1, 0.15) is 40.6 Å². The minimum absolute atomic E-state index is 0.0808. The fourth-order valence-electron chi connectivity index (χ4n) is 4.16. The van der Waals surface area contributed by atoms with Crippen molar-refractivity contribution < 1.29 is 8.91 Å². The molecule has 11 heteroatoms. The molecule has 0 bridgehead atoms. The minimum Gasteiger partial charge on any atom is -0.383 e. The van der Waals surface area contributed by atoms with Crippen molar-refractivity contribution in [2.45, 2.75) is 31.7 Å². The number of nitrogens with one attached hydrogen (secondary N) is 1. The summed E-state index contributed by atoms with van der Waals surface area (Å²) in [6.45, 7) is 1.82. The van der Waals surface area contributed by atoms with Gasteiger partial charge in [-0.3, -0.25) is 9.36 Å². The number of aromatic nitrogens is 6. The predicted molar refractivity (Wildman–Crippen MR) is 131 cm³/mol. The molecule has 2 aromatic carbocycles. The lowest BCUT2D eigenvalue weighted by molar-refractivity contribution is 0.422. The number of benzene rings is 2. The van der Waals surface area contributed by atoms with Crippen LogP contribution in [0.15, 0.2) is 64.2 Å². The van der Waals surface area contributed by atoms with Crippen molar-refractivity contribution in [3.05, 3.63) is 82.7 Å². The molecule has 1 aliphatic carbocycles. The van der Waals surface area contributed by atoms with E-state index in [0.717, 1.165) is 12.8 Å². The molecule has 1 fully saturated rings. The van der Waals surface area contributed by atoms with Crippen molar-refractivity contribution in [3.63, 3.8) is 0 Å². The Morgan fingerprint density at radius 3 is 2.69 bits per heavy atom. The van der Waals surface area contributed by atoms with Gasteiger partial charge in [-0.25, -0.2) is 19.3 Å². The molecule has 0 unspecified atom stereocenters. The highest BCUT2D eigenvalue weighted by Crippen LogP contribution is 2.40. The largest absolute Gasteiger partial charge is 0.383 e. The van der Waals surface area contributed by atoms with Gasteiger partial charge in [0.2, 0.25) is 0 Å². The Morgan fingerprint density at radius 1 is 1.11 bits per heavy atom. The SMILES string of the molecule is C[C@H](Nc1ncnc(N)c1-c1nc(C2CC2)no1)c1nc2cccc(F)c2c(=O)n1-c1ccccc1. The van der Waals surface area contributed by atoms with Gasteiger partial charge in [-0.05, 0) is 44.0 Å². The number of nitrogens with two attached hydrogens (primary N) is 1. The van der Waals surface area contributed by atoms with Crippen molar-refractivity contribution in [2.75, 3.05) is 11.1 Å². The van der Waals surface area contributed by atoms with E-state index in [1.54, 1.807) is 30.3 Å². The summed E-state index contributed by atoms with van der Waals surface area (Å²) in [7, 11) is 0. The summed E-state index contributed by atoms with van der Waals surface area (Å²) in [5.74, 6) is 1.37. The molecule has 180 valence electrons. The van der Waals surface area contributed by atoms with Crippen molar-refractivity contribution in [1.29, 1.82) is 0 Å². The van der Waals surface area contributed by atoms with Crippen LogP contribution in [0.1, 0.15) is 43.4 Å². The molecule has 10 nitrogen and oxygen atoms in total. The van der Waals surface area contributed by atoms with Crippen LogP contribution in [-0.4, -0.2) is 29.7 Å². The first-order chi connectivity index (χ1) is 17.5. The second-order valence-electron chi connectivity index (χ2n) is 8.66. The van der Waals surface area contributed by atoms with Gasteiger partial charge in [-0.15, -0.1) is 0 Å². The third-order valence-corrected chi connectivity index (χ3v) is 6.10. The van der Waals surface area contributed by atoms with Gasteiger partial charge in [0.05, 0.1) is 17.2 Å². The van der Waals surface area contributed by atoms with Crippen LogP contribution >= 0.6 is 0 Å². The number of hydrogen-bond donors (Lipinski definition) is 2. The molecule has 0 saturated heterocycles. The number of hydrogen-bond acceptors (Lipinski definition) is 9. The van der Waals surface area contributed by atoms with Crippen molar-refractivity contribution >= 4 is 22.5 Å². The van der Waals surface area contributed by atoms with E-state index in [-0.39, 0.29) is 22.6 Å². The quantitative estimate of drug-likeness (QED) is 0.366. The maximum Gasteiger partial charge on any atom is 0.269 e. The van der Waals surface area contributed by atoms with Crippen LogP contribution in [0.3, 0.4) is 0 Å². The standard InChI is InChI=1S/C25H21FN8O2/c1-13(30-22-19(20(27)28-12-29-22)24-32-21(33-36-24)14-10-11-14)23-31-17-9-5-8-16(26)18(17)25(35)34(23)15-6-3-2-4-7-15/h2-9,12-14H,10-11H2,1H3,(H3,27,28,29,30)/t13-/m0/s1. The number of fused-ring (bicyclic) bond motifs is 1. The van der Waals surface area contributed by atoms with Crippen molar-refractivity contribution in [1.82, 2.24) is 29.7 Å². The molecule has 5 aromatic rings. The Kier molecular flexibility index (Phi) is 5.17. The Hall–Kier alpha value is -4.67. The topological polar surface area (TPSA) is 138 Å².